The number of hydrogen-bond donors (Lipinski definition) is 2. The molecule has 0 amide bonds. The molecular formula is C14H28BrIN4. The van der Waals surface area contributed by atoms with Crippen molar-refractivity contribution in [1.29, 1.82) is 0 Å². The summed E-state index contributed by atoms with van der Waals surface area (Å²) in [5, 5.41) is 6.83. The molecule has 0 saturated carbocycles. The standard InChI is InChI=1S/C14H27BrN4.HI/c1-6-16-14(17-7-12(5)15)18-13-9-19(10(2)3)8-11(13)4;/h10-11,13H,5-9H2,1-4H3,(H2,16,17,18);1H. The van der Waals surface area contributed by atoms with Crippen molar-refractivity contribution in [3.05, 3.63) is 11.1 Å². The molecule has 1 fully saturated rings. The van der Waals surface area contributed by atoms with E-state index in [0.717, 1.165) is 30.1 Å². The van der Waals surface area contributed by atoms with Crippen molar-refractivity contribution >= 4 is 45.9 Å². The van der Waals surface area contributed by atoms with Crippen LogP contribution in [-0.4, -0.2) is 49.1 Å². The van der Waals surface area contributed by atoms with E-state index in [1.54, 1.807) is 0 Å². The molecule has 0 spiro atoms. The molecule has 1 saturated heterocycles. The Morgan fingerprint density at radius 1 is 1.45 bits per heavy atom. The second kappa shape index (κ2) is 10.00. The molecule has 0 aliphatic carbocycles. The van der Waals surface area contributed by atoms with Gasteiger partial charge in [0.2, 0.25) is 0 Å². The molecule has 6 heteroatoms. The zero-order valence-corrected chi connectivity index (χ0v) is 16.9. The monoisotopic (exact) mass is 458 g/mol. The Labute approximate surface area is 149 Å². The first-order valence-electron chi connectivity index (χ1n) is 7.06. The molecule has 2 N–H and O–H groups in total. The first-order valence-corrected chi connectivity index (χ1v) is 7.85. The molecule has 1 rings (SSSR count). The van der Waals surface area contributed by atoms with Gasteiger partial charge in [-0.15, -0.1) is 24.0 Å². The van der Waals surface area contributed by atoms with Crippen LogP contribution in [0.1, 0.15) is 27.7 Å². The second-order valence-corrected chi connectivity index (χ2v) is 6.61. The molecule has 0 radical (unpaired) electrons. The topological polar surface area (TPSA) is 39.7 Å². The van der Waals surface area contributed by atoms with E-state index in [4.69, 9.17) is 0 Å². The first kappa shape index (κ1) is 20.2. The molecule has 1 aliphatic rings. The molecular weight excluding hydrogens is 431 g/mol. The average molecular weight is 459 g/mol. The van der Waals surface area contributed by atoms with Crippen LogP contribution in [0.25, 0.3) is 0 Å². The van der Waals surface area contributed by atoms with Gasteiger partial charge >= 0.3 is 0 Å². The van der Waals surface area contributed by atoms with E-state index in [9.17, 15) is 0 Å². The smallest absolute Gasteiger partial charge is 0.191 e. The summed E-state index contributed by atoms with van der Waals surface area (Å²) < 4.78 is 0.896. The molecule has 0 bridgehead atoms. The maximum absolute atomic E-state index is 4.51. The summed E-state index contributed by atoms with van der Waals surface area (Å²) in [4.78, 5) is 7.02. The zero-order chi connectivity index (χ0) is 14.4. The lowest BCUT2D eigenvalue weighted by atomic mass is 10.1. The van der Waals surface area contributed by atoms with Crippen LogP contribution in [0.15, 0.2) is 16.1 Å². The molecule has 0 aromatic rings. The summed E-state index contributed by atoms with van der Waals surface area (Å²) in [5.74, 6) is 1.52. The van der Waals surface area contributed by atoms with Crippen molar-refractivity contribution in [3.63, 3.8) is 0 Å². The Balaban J connectivity index is 0.00000361. The van der Waals surface area contributed by atoms with Crippen molar-refractivity contribution in [2.75, 3.05) is 26.2 Å². The number of guanidine groups is 1. The minimum Gasteiger partial charge on any atom is -0.357 e. The van der Waals surface area contributed by atoms with Crippen LogP contribution < -0.4 is 10.6 Å². The van der Waals surface area contributed by atoms with Gasteiger partial charge in [-0.3, -0.25) is 4.90 Å². The van der Waals surface area contributed by atoms with E-state index in [1.165, 1.54) is 0 Å². The summed E-state index contributed by atoms with van der Waals surface area (Å²) in [7, 11) is 0. The Hall–Kier alpha value is 0.180. The first-order chi connectivity index (χ1) is 8.93. The molecule has 0 aromatic heterocycles. The van der Waals surface area contributed by atoms with Crippen LogP contribution in [0.5, 0.6) is 0 Å². The van der Waals surface area contributed by atoms with Crippen LogP contribution in [0.4, 0.5) is 0 Å². The van der Waals surface area contributed by atoms with Gasteiger partial charge in [-0.1, -0.05) is 29.4 Å². The number of likely N-dealkylation sites (tertiary alicyclic amines) is 1. The molecule has 20 heavy (non-hydrogen) atoms. The van der Waals surface area contributed by atoms with Gasteiger partial charge in [0.15, 0.2) is 5.96 Å². The van der Waals surface area contributed by atoms with Crippen LogP contribution >= 0.6 is 39.9 Å². The zero-order valence-electron chi connectivity index (χ0n) is 12.9. The lowest BCUT2D eigenvalue weighted by Crippen LogP contribution is -2.46. The van der Waals surface area contributed by atoms with Crippen molar-refractivity contribution in [3.8, 4) is 0 Å². The highest BCUT2D eigenvalue weighted by Crippen LogP contribution is 2.18. The van der Waals surface area contributed by atoms with Crippen molar-refractivity contribution < 1.29 is 0 Å². The lowest BCUT2D eigenvalue weighted by Gasteiger charge is -2.21. The van der Waals surface area contributed by atoms with E-state index >= 15 is 0 Å². The molecule has 118 valence electrons. The summed E-state index contributed by atoms with van der Waals surface area (Å²) in [5.41, 5.74) is 0. The molecule has 4 nitrogen and oxygen atoms in total. The van der Waals surface area contributed by atoms with E-state index < -0.39 is 0 Å². The second-order valence-electron chi connectivity index (χ2n) is 5.49. The fourth-order valence-electron chi connectivity index (χ4n) is 2.27. The number of halogens is 2. The van der Waals surface area contributed by atoms with Crippen LogP contribution in [-0.2, 0) is 0 Å². The molecule has 2 unspecified atom stereocenters. The van der Waals surface area contributed by atoms with E-state index in [0.29, 0.717) is 24.5 Å². The number of hydrogen-bond acceptors (Lipinski definition) is 2. The van der Waals surface area contributed by atoms with Gasteiger partial charge in [0.1, 0.15) is 0 Å². The maximum Gasteiger partial charge on any atom is 0.191 e. The number of aliphatic imine (C=N–C) groups is 1. The van der Waals surface area contributed by atoms with Crippen molar-refractivity contribution in [2.24, 2.45) is 10.9 Å². The van der Waals surface area contributed by atoms with Gasteiger partial charge in [-0.2, -0.15) is 0 Å². The minimum absolute atomic E-state index is 0. The third-order valence-electron chi connectivity index (χ3n) is 3.45. The van der Waals surface area contributed by atoms with Gasteiger partial charge in [0, 0.05) is 36.2 Å². The fraction of sp³-hybridized carbons (Fsp3) is 0.786. The predicted octanol–water partition coefficient (Wildman–Crippen LogP) is 2.80. The molecule has 1 heterocycles. The Bertz CT molecular complexity index is 333. The van der Waals surface area contributed by atoms with Crippen LogP contribution in [0, 0.1) is 5.92 Å². The minimum atomic E-state index is 0. The van der Waals surface area contributed by atoms with Crippen LogP contribution in [0.3, 0.4) is 0 Å². The summed E-state index contributed by atoms with van der Waals surface area (Å²) in [6.45, 7) is 16.4. The number of rotatable bonds is 5. The van der Waals surface area contributed by atoms with E-state index in [1.807, 2.05) is 0 Å². The third kappa shape index (κ3) is 6.76. The quantitative estimate of drug-likeness (QED) is 0.378. The third-order valence-corrected chi connectivity index (χ3v) is 3.70. The SMILES string of the molecule is C=C(Br)CN=C(NCC)NC1CN(C(C)C)CC1C.I. The lowest BCUT2D eigenvalue weighted by molar-refractivity contribution is 0.265. The summed E-state index contributed by atoms with van der Waals surface area (Å²) in [6, 6.07) is 1.07. The van der Waals surface area contributed by atoms with Gasteiger partial charge in [0.25, 0.3) is 0 Å². The Morgan fingerprint density at radius 3 is 2.55 bits per heavy atom. The number of nitrogens with zero attached hydrogens (tertiary/aromatic N) is 2. The molecule has 0 aromatic carbocycles. The average Bonchev–Trinajstić information content (AvgIpc) is 2.68. The van der Waals surface area contributed by atoms with Gasteiger partial charge in [0.05, 0.1) is 6.54 Å². The van der Waals surface area contributed by atoms with E-state index in [2.05, 4.69) is 70.7 Å². The molecule has 1 aliphatic heterocycles. The Kier molecular flexibility index (Phi) is 10.1. The molecule has 2 atom stereocenters. The highest BCUT2D eigenvalue weighted by Gasteiger charge is 2.31. The maximum atomic E-state index is 4.51. The number of nitrogens with one attached hydrogen (secondary N) is 2. The van der Waals surface area contributed by atoms with Gasteiger partial charge < -0.3 is 10.6 Å². The summed E-state index contributed by atoms with van der Waals surface area (Å²) >= 11 is 3.34. The largest absolute Gasteiger partial charge is 0.357 e. The van der Waals surface area contributed by atoms with Gasteiger partial charge in [-0.25, -0.2) is 4.99 Å². The Morgan fingerprint density at radius 2 is 2.10 bits per heavy atom. The van der Waals surface area contributed by atoms with Gasteiger partial charge in [-0.05, 0) is 26.7 Å². The predicted molar refractivity (Wildman–Crippen MR) is 102 cm³/mol. The normalized spacial score (nSPS) is 23.6. The van der Waals surface area contributed by atoms with Crippen molar-refractivity contribution in [1.82, 2.24) is 15.5 Å². The van der Waals surface area contributed by atoms with Crippen LogP contribution in [0.2, 0.25) is 0 Å². The fourth-order valence-corrected chi connectivity index (χ4v) is 2.40. The van der Waals surface area contributed by atoms with Crippen molar-refractivity contribution in [2.45, 2.75) is 39.8 Å². The summed E-state index contributed by atoms with van der Waals surface area (Å²) in [6.07, 6.45) is 0. The van der Waals surface area contributed by atoms with E-state index in [-0.39, 0.29) is 24.0 Å². The highest BCUT2D eigenvalue weighted by atomic mass is 127. The highest BCUT2D eigenvalue weighted by molar-refractivity contribution is 14.0.